The van der Waals surface area contributed by atoms with Gasteiger partial charge in [-0.25, -0.2) is 8.42 Å². The van der Waals surface area contributed by atoms with E-state index in [4.69, 9.17) is 4.74 Å². The Morgan fingerprint density at radius 3 is 2.50 bits per heavy atom. The van der Waals surface area contributed by atoms with Crippen LogP contribution in [-0.4, -0.2) is 33.4 Å². The average molecular weight is 305 g/mol. The molecule has 1 aromatic carbocycles. The number of halogens is 2. The predicted molar refractivity (Wildman–Crippen MR) is 71.7 cm³/mol. The molecule has 1 heterocycles. The Hall–Kier alpha value is -1.21. The smallest absolute Gasteiger partial charge is 0.341 e. The zero-order valence-corrected chi connectivity index (χ0v) is 11.7. The van der Waals surface area contributed by atoms with Crippen molar-refractivity contribution in [3.05, 3.63) is 24.3 Å². The highest BCUT2D eigenvalue weighted by atomic mass is 32.2. The minimum absolute atomic E-state index is 0.147. The highest BCUT2D eigenvalue weighted by Crippen LogP contribution is 2.20. The summed E-state index contributed by atoms with van der Waals surface area (Å²) in [6, 6.07) is 5.34. The van der Waals surface area contributed by atoms with Gasteiger partial charge in [0.1, 0.15) is 0 Å². The second-order valence-corrected chi connectivity index (χ2v) is 6.62. The van der Waals surface area contributed by atoms with Crippen LogP contribution in [0.2, 0.25) is 0 Å². The fourth-order valence-electron chi connectivity index (χ4n) is 2.07. The summed E-state index contributed by atoms with van der Waals surface area (Å²) < 4.78 is 52.8. The maximum atomic E-state index is 12.4. The lowest BCUT2D eigenvalue weighted by molar-refractivity contribution is 0.0247. The Morgan fingerprint density at radius 1 is 1.25 bits per heavy atom. The van der Waals surface area contributed by atoms with E-state index in [0.717, 1.165) is 25.9 Å². The van der Waals surface area contributed by atoms with Crippen molar-refractivity contribution in [1.29, 1.82) is 0 Å². The van der Waals surface area contributed by atoms with Crippen LogP contribution in [0.4, 0.5) is 14.5 Å². The third kappa shape index (κ3) is 3.67. The summed E-state index contributed by atoms with van der Waals surface area (Å²) in [6.45, 7) is 1.39. The summed E-state index contributed by atoms with van der Waals surface area (Å²) in [5.41, 5.74) is 0.687. The largest absolute Gasteiger partial charge is 0.382 e. The van der Waals surface area contributed by atoms with Gasteiger partial charge in [-0.3, -0.25) is 0 Å². The van der Waals surface area contributed by atoms with E-state index in [-0.39, 0.29) is 11.0 Å². The van der Waals surface area contributed by atoms with Crippen LogP contribution >= 0.6 is 0 Å². The summed E-state index contributed by atoms with van der Waals surface area (Å²) in [5, 5.41) is 3.11. The third-order valence-corrected chi connectivity index (χ3v) is 4.62. The van der Waals surface area contributed by atoms with Crippen molar-refractivity contribution in [3.8, 4) is 0 Å². The summed E-state index contributed by atoms with van der Waals surface area (Å²) in [4.78, 5) is -0.369. The van der Waals surface area contributed by atoms with Gasteiger partial charge in [0.2, 0.25) is 9.84 Å². The summed E-state index contributed by atoms with van der Waals surface area (Å²) in [5.74, 6) is -3.39. The highest BCUT2D eigenvalue weighted by Gasteiger charge is 2.26. The van der Waals surface area contributed by atoms with Crippen molar-refractivity contribution in [1.82, 2.24) is 0 Å². The van der Waals surface area contributed by atoms with Gasteiger partial charge in [-0.15, -0.1) is 0 Å². The number of benzene rings is 1. The molecule has 1 saturated heterocycles. The third-order valence-electron chi connectivity index (χ3n) is 3.23. The topological polar surface area (TPSA) is 55.4 Å². The zero-order chi connectivity index (χ0) is 14.6. The van der Waals surface area contributed by atoms with Crippen LogP contribution in [0.15, 0.2) is 29.2 Å². The Kier molecular flexibility index (Phi) is 4.93. The quantitative estimate of drug-likeness (QED) is 0.908. The first-order chi connectivity index (χ1) is 9.50. The van der Waals surface area contributed by atoms with Crippen molar-refractivity contribution >= 4 is 15.5 Å². The average Bonchev–Trinajstić information content (AvgIpc) is 2.46. The molecule has 1 aliphatic rings. The molecule has 112 valence electrons. The van der Waals surface area contributed by atoms with Gasteiger partial charge in [0.15, 0.2) is 0 Å². The molecule has 0 saturated carbocycles. The Bertz CT molecular complexity index is 525. The van der Waals surface area contributed by atoms with Gasteiger partial charge < -0.3 is 10.1 Å². The predicted octanol–water partition coefficient (Wildman–Crippen LogP) is 2.66. The van der Waals surface area contributed by atoms with Crippen LogP contribution in [0.5, 0.6) is 0 Å². The molecule has 7 heteroatoms. The molecule has 0 amide bonds. The Morgan fingerprint density at radius 2 is 1.95 bits per heavy atom. The first-order valence-electron chi connectivity index (χ1n) is 6.48. The van der Waals surface area contributed by atoms with Gasteiger partial charge in [0.25, 0.3) is 0 Å². The van der Waals surface area contributed by atoms with E-state index in [1.807, 2.05) is 0 Å². The van der Waals surface area contributed by atoms with E-state index in [0.29, 0.717) is 12.2 Å². The van der Waals surface area contributed by atoms with Crippen LogP contribution < -0.4 is 5.32 Å². The second-order valence-electron chi connectivity index (χ2n) is 4.70. The lowest BCUT2D eigenvalue weighted by Gasteiger charge is -2.23. The maximum Gasteiger partial charge on any atom is 0.341 e. The molecule has 0 bridgehead atoms. The zero-order valence-electron chi connectivity index (χ0n) is 10.9. The number of ether oxygens (including phenoxy) is 1. The molecule has 1 fully saturated rings. The van der Waals surface area contributed by atoms with E-state index in [2.05, 4.69) is 5.32 Å². The number of anilines is 1. The molecular weight excluding hydrogens is 288 g/mol. The molecule has 1 N–H and O–H groups in total. The van der Waals surface area contributed by atoms with Crippen LogP contribution in [0.1, 0.15) is 19.3 Å². The van der Waals surface area contributed by atoms with Crippen LogP contribution in [0.3, 0.4) is 0 Å². The normalized spacial score (nSPS) is 20.1. The first-order valence-corrected chi connectivity index (χ1v) is 8.02. The van der Waals surface area contributed by atoms with Crippen molar-refractivity contribution in [2.45, 2.75) is 36.0 Å². The molecule has 0 radical (unpaired) electrons. The number of hydrogen-bond donors (Lipinski definition) is 1. The van der Waals surface area contributed by atoms with E-state index < -0.39 is 15.6 Å². The van der Waals surface area contributed by atoms with Crippen LogP contribution in [-0.2, 0) is 14.6 Å². The minimum Gasteiger partial charge on any atom is -0.382 e. The number of nitrogens with one attached hydrogen (secondary N) is 1. The van der Waals surface area contributed by atoms with Crippen LogP contribution in [0, 0.1) is 0 Å². The Balaban J connectivity index is 1.94. The Labute approximate surface area is 117 Å². The number of hydrogen-bond acceptors (Lipinski definition) is 4. The van der Waals surface area contributed by atoms with Crippen molar-refractivity contribution in [2.24, 2.45) is 0 Å². The standard InChI is InChI=1S/C13H17F2NO3S/c14-13(15)20(17,18)12-6-4-10(5-7-12)16-9-11-3-1-2-8-19-11/h4-7,11,13,16H,1-3,8-9H2. The molecule has 1 aromatic rings. The molecule has 4 nitrogen and oxygen atoms in total. The summed E-state index contributed by atoms with van der Waals surface area (Å²) in [7, 11) is -4.51. The number of rotatable bonds is 5. The maximum absolute atomic E-state index is 12.4. The van der Waals surface area contributed by atoms with E-state index in [9.17, 15) is 17.2 Å². The lowest BCUT2D eigenvalue weighted by Crippen LogP contribution is -2.26. The van der Waals surface area contributed by atoms with Crippen molar-refractivity contribution in [2.75, 3.05) is 18.5 Å². The molecule has 20 heavy (non-hydrogen) atoms. The highest BCUT2D eigenvalue weighted by molar-refractivity contribution is 7.91. The van der Waals surface area contributed by atoms with Crippen LogP contribution in [0.25, 0.3) is 0 Å². The van der Waals surface area contributed by atoms with Crippen molar-refractivity contribution in [3.63, 3.8) is 0 Å². The molecule has 0 aliphatic carbocycles. The van der Waals surface area contributed by atoms with E-state index in [1.54, 1.807) is 0 Å². The van der Waals surface area contributed by atoms with Gasteiger partial charge in [0, 0.05) is 18.8 Å². The SMILES string of the molecule is O=S(=O)(c1ccc(NCC2CCCCO2)cc1)C(F)F. The van der Waals surface area contributed by atoms with E-state index in [1.165, 1.54) is 24.3 Å². The van der Waals surface area contributed by atoms with Gasteiger partial charge in [-0.05, 0) is 43.5 Å². The molecule has 2 rings (SSSR count). The lowest BCUT2D eigenvalue weighted by atomic mass is 10.1. The van der Waals surface area contributed by atoms with Gasteiger partial charge >= 0.3 is 5.76 Å². The summed E-state index contributed by atoms with van der Waals surface area (Å²) >= 11 is 0. The summed E-state index contributed by atoms with van der Waals surface area (Å²) in [6.07, 6.45) is 3.35. The second kappa shape index (κ2) is 6.49. The van der Waals surface area contributed by atoms with Gasteiger partial charge in [-0.1, -0.05) is 0 Å². The molecule has 0 spiro atoms. The van der Waals surface area contributed by atoms with Gasteiger partial charge in [0.05, 0.1) is 11.0 Å². The number of sulfone groups is 1. The fourth-order valence-corrected chi connectivity index (χ4v) is 2.79. The van der Waals surface area contributed by atoms with Crippen molar-refractivity contribution < 1.29 is 21.9 Å². The first kappa shape index (κ1) is 15.2. The van der Waals surface area contributed by atoms with Gasteiger partial charge in [-0.2, -0.15) is 8.78 Å². The minimum atomic E-state index is -4.51. The molecule has 1 aliphatic heterocycles. The van der Waals surface area contributed by atoms with E-state index >= 15 is 0 Å². The molecule has 0 aromatic heterocycles. The molecular formula is C13H17F2NO3S. The monoisotopic (exact) mass is 305 g/mol. The molecule has 1 unspecified atom stereocenters. The molecule has 1 atom stereocenters. The fraction of sp³-hybridized carbons (Fsp3) is 0.538. The number of alkyl halides is 2.